The lowest BCUT2D eigenvalue weighted by molar-refractivity contribution is -0.677. The van der Waals surface area contributed by atoms with E-state index in [1.165, 1.54) is 9.80 Å². The maximum absolute atomic E-state index is 12.9. The Morgan fingerprint density at radius 3 is 2.74 bits per heavy atom. The number of halogens is 1. The molecule has 0 saturated carbocycles. The van der Waals surface area contributed by atoms with Crippen molar-refractivity contribution >= 4 is 35.3 Å². The van der Waals surface area contributed by atoms with E-state index in [9.17, 15) is 9.59 Å². The molecule has 0 N–H and O–H groups in total. The van der Waals surface area contributed by atoms with Gasteiger partial charge in [0.15, 0.2) is 0 Å². The van der Waals surface area contributed by atoms with Gasteiger partial charge in [-0.05, 0) is 13.3 Å². The molecule has 0 radical (unpaired) electrons. The van der Waals surface area contributed by atoms with Crippen molar-refractivity contribution in [2.75, 3.05) is 19.5 Å². The van der Waals surface area contributed by atoms with Crippen LogP contribution in [0.4, 0.5) is 10.7 Å². The summed E-state index contributed by atoms with van der Waals surface area (Å²) >= 11 is 5.86. The number of aliphatic imine (C=N–C) groups is 1. The Balaban J connectivity index is 2.02. The van der Waals surface area contributed by atoms with Crippen LogP contribution in [0.15, 0.2) is 11.2 Å². The summed E-state index contributed by atoms with van der Waals surface area (Å²) < 4.78 is 3.82. The number of amides is 3. The van der Waals surface area contributed by atoms with Gasteiger partial charge in [-0.1, -0.05) is 18.3 Å². The van der Waals surface area contributed by atoms with E-state index in [0.29, 0.717) is 30.8 Å². The number of carbonyl (C=O) groups excluding carboxylic acids is 2. The first-order valence-corrected chi connectivity index (χ1v) is 8.39. The normalized spacial score (nSPS) is 20.0. The number of rotatable bonds is 5. The lowest BCUT2D eigenvalue weighted by Gasteiger charge is -2.33. The number of imidazole rings is 1. The molecule has 3 amide bonds. The van der Waals surface area contributed by atoms with Crippen molar-refractivity contribution in [1.29, 1.82) is 0 Å². The van der Waals surface area contributed by atoms with Crippen molar-refractivity contribution in [1.82, 2.24) is 14.4 Å². The highest BCUT2D eigenvalue weighted by molar-refractivity contribution is 6.19. The number of aryl methyl sites for hydroxylation is 1. The van der Waals surface area contributed by atoms with Crippen molar-refractivity contribution in [3.05, 3.63) is 11.9 Å². The van der Waals surface area contributed by atoms with Crippen molar-refractivity contribution in [2.24, 2.45) is 4.99 Å². The lowest BCUT2D eigenvalue weighted by atomic mass is 10.1. The molecule has 0 aromatic carbocycles. The second-order valence-electron chi connectivity index (χ2n) is 5.88. The SMILES string of the molecule is CCCCN1C(=O)C2C(=Nc3n(CCCl)c(C)c[n+]32)N(C)C1=O. The van der Waals surface area contributed by atoms with Crippen molar-refractivity contribution in [3.8, 4) is 0 Å². The summed E-state index contributed by atoms with van der Waals surface area (Å²) in [4.78, 5) is 32.7. The molecule has 3 rings (SSSR count). The largest absolute Gasteiger partial charge is 0.401 e. The molecule has 0 bridgehead atoms. The van der Waals surface area contributed by atoms with E-state index in [-0.39, 0.29) is 11.9 Å². The van der Waals surface area contributed by atoms with E-state index in [0.717, 1.165) is 18.5 Å². The molecule has 0 spiro atoms. The van der Waals surface area contributed by atoms with Crippen LogP contribution in [0.3, 0.4) is 0 Å². The third kappa shape index (κ3) is 2.34. The minimum atomic E-state index is -0.556. The third-order valence-electron chi connectivity index (χ3n) is 4.37. The quantitative estimate of drug-likeness (QED) is 0.604. The predicted octanol–water partition coefficient (Wildman–Crippen LogP) is 1.60. The smallest absolute Gasteiger partial charge is 0.270 e. The van der Waals surface area contributed by atoms with Crippen LogP contribution in [-0.2, 0) is 11.3 Å². The number of amidine groups is 1. The van der Waals surface area contributed by atoms with Crippen LogP contribution in [0.5, 0.6) is 0 Å². The molecule has 7 nitrogen and oxygen atoms in total. The summed E-state index contributed by atoms with van der Waals surface area (Å²) in [6, 6.07) is -0.857. The molecule has 3 heterocycles. The molecule has 0 aliphatic carbocycles. The summed E-state index contributed by atoms with van der Waals surface area (Å²) in [5, 5.41) is 0. The van der Waals surface area contributed by atoms with Crippen LogP contribution in [-0.4, -0.2) is 51.6 Å². The fourth-order valence-electron chi connectivity index (χ4n) is 3.11. The molecule has 23 heavy (non-hydrogen) atoms. The van der Waals surface area contributed by atoms with Gasteiger partial charge in [-0.15, -0.1) is 11.6 Å². The second kappa shape index (κ2) is 5.96. The number of imide groups is 1. The molecule has 1 atom stereocenters. The molecular weight excluding hydrogens is 318 g/mol. The van der Waals surface area contributed by atoms with E-state index in [1.54, 1.807) is 7.05 Å². The fraction of sp³-hybridized carbons (Fsp3) is 0.600. The Labute approximate surface area is 140 Å². The number of urea groups is 1. The first-order valence-electron chi connectivity index (χ1n) is 7.86. The molecule has 1 saturated heterocycles. The molecule has 1 fully saturated rings. The van der Waals surface area contributed by atoms with Gasteiger partial charge in [0, 0.05) is 13.6 Å². The molecule has 2 aliphatic rings. The van der Waals surface area contributed by atoms with Crippen LogP contribution in [0.1, 0.15) is 31.5 Å². The highest BCUT2D eigenvalue weighted by Crippen LogP contribution is 2.29. The summed E-state index contributed by atoms with van der Waals surface area (Å²) in [5.41, 5.74) is 0.996. The number of nitrogens with zero attached hydrogens (tertiary/aromatic N) is 5. The predicted molar refractivity (Wildman–Crippen MR) is 86.0 cm³/mol. The molecule has 2 aliphatic heterocycles. The number of hydrogen-bond acceptors (Lipinski definition) is 3. The van der Waals surface area contributed by atoms with Crippen molar-refractivity contribution in [2.45, 2.75) is 39.3 Å². The van der Waals surface area contributed by atoms with Gasteiger partial charge in [-0.3, -0.25) is 14.6 Å². The molecule has 8 heteroatoms. The van der Waals surface area contributed by atoms with Gasteiger partial charge >= 0.3 is 12.0 Å². The van der Waals surface area contributed by atoms with Crippen LogP contribution >= 0.6 is 11.6 Å². The van der Waals surface area contributed by atoms with E-state index in [2.05, 4.69) is 4.99 Å². The zero-order valence-corrected chi connectivity index (χ0v) is 14.4. The van der Waals surface area contributed by atoms with E-state index >= 15 is 0 Å². The summed E-state index contributed by atoms with van der Waals surface area (Å²) in [6.45, 7) is 5.06. The number of unbranched alkanes of at least 4 members (excludes halogenated alkanes) is 1. The number of fused-ring (bicyclic) bond motifs is 3. The second-order valence-corrected chi connectivity index (χ2v) is 6.25. The first-order chi connectivity index (χ1) is 11.0. The number of aromatic nitrogens is 2. The van der Waals surface area contributed by atoms with Crippen LogP contribution in [0, 0.1) is 6.92 Å². The zero-order valence-electron chi connectivity index (χ0n) is 13.6. The highest BCUT2D eigenvalue weighted by atomic mass is 35.5. The lowest BCUT2D eigenvalue weighted by Crippen LogP contribution is -2.62. The topological polar surface area (TPSA) is 61.8 Å². The summed E-state index contributed by atoms with van der Waals surface area (Å²) in [5.74, 6) is 1.43. The molecular formula is C15H21ClN5O2+. The number of hydrogen-bond donors (Lipinski definition) is 0. The first kappa shape index (κ1) is 16.0. The van der Waals surface area contributed by atoms with Crippen LogP contribution < -0.4 is 4.57 Å². The Bertz CT molecular complexity index is 696. The number of alkyl halides is 1. The Morgan fingerprint density at radius 2 is 2.09 bits per heavy atom. The van der Waals surface area contributed by atoms with Gasteiger partial charge in [0.25, 0.3) is 5.91 Å². The van der Waals surface area contributed by atoms with Gasteiger partial charge in [0.1, 0.15) is 11.9 Å². The minimum absolute atomic E-state index is 0.202. The summed E-state index contributed by atoms with van der Waals surface area (Å²) in [6.07, 6.45) is 3.63. The standard InChI is InChI=1S/C15H21ClN5O2/c1-4-5-7-20-13(22)11-12(18(3)15(20)23)17-14-19(8-6-16)10(2)9-21(11)14/h9,11H,4-8H2,1-3H3/q+1. The third-order valence-corrected chi connectivity index (χ3v) is 4.54. The molecule has 1 unspecified atom stereocenters. The van der Waals surface area contributed by atoms with Crippen LogP contribution in [0.25, 0.3) is 0 Å². The maximum atomic E-state index is 12.9. The van der Waals surface area contributed by atoms with Crippen molar-refractivity contribution in [3.63, 3.8) is 0 Å². The zero-order chi connectivity index (χ0) is 16.7. The number of carbonyl (C=O) groups is 2. The van der Waals surface area contributed by atoms with E-state index in [4.69, 9.17) is 11.6 Å². The van der Waals surface area contributed by atoms with Gasteiger partial charge in [0.2, 0.25) is 11.9 Å². The Kier molecular flexibility index (Phi) is 4.14. The van der Waals surface area contributed by atoms with Gasteiger partial charge in [0.05, 0.1) is 12.4 Å². The van der Waals surface area contributed by atoms with Crippen molar-refractivity contribution < 1.29 is 14.2 Å². The average molecular weight is 339 g/mol. The summed E-state index contributed by atoms with van der Waals surface area (Å²) in [7, 11) is 1.67. The van der Waals surface area contributed by atoms with Gasteiger partial charge in [-0.2, -0.15) is 0 Å². The number of likely N-dealkylation sites (N-methyl/N-ethyl adjacent to an activating group) is 1. The van der Waals surface area contributed by atoms with Gasteiger partial charge < -0.3 is 0 Å². The molecule has 124 valence electrons. The molecule has 1 aromatic heterocycles. The maximum Gasteiger partial charge on any atom is 0.401 e. The highest BCUT2D eigenvalue weighted by Gasteiger charge is 2.52. The van der Waals surface area contributed by atoms with Gasteiger partial charge in [-0.25, -0.2) is 13.9 Å². The molecule has 1 aromatic rings. The average Bonchev–Trinajstić information content (AvgIpc) is 3.02. The Hall–Kier alpha value is -1.89. The Morgan fingerprint density at radius 1 is 1.35 bits per heavy atom. The van der Waals surface area contributed by atoms with E-state index < -0.39 is 6.04 Å². The fourth-order valence-corrected chi connectivity index (χ4v) is 3.28. The minimum Gasteiger partial charge on any atom is -0.270 e. The van der Waals surface area contributed by atoms with E-state index in [1.807, 2.05) is 29.2 Å². The monoisotopic (exact) mass is 338 g/mol. The van der Waals surface area contributed by atoms with Crippen LogP contribution in [0.2, 0.25) is 0 Å².